The second kappa shape index (κ2) is 7.45. The molecule has 1 aromatic rings. The van der Waals surface area contributed by atoms with Crippen molar-refractivity contribution in [1.29, 1.82) is 0 Å². The molecule has 2 saturated carbocycles. The minimum absolute atomic E-state index is 0.406. The van der Waals surface area contributed by atoms with Gasteiger partial charge in [0.15, 0.2) is 0 Å². The van der Waals surface area contributed by atoms with E-state index in [1.807, 2.05) is 0 Å². The molecule has 1 nitrogen and oxygen atoms in total. The molecule has 136 valence electrons. The van der Waals surface area contributed by atoms with E-state index in [1.165, 1.54) is 49.7 Å². The van der Waals surface area contributed by atoms with Crippen LogP contribution in [0.1, 0.15) is 55.6 Å². The van der Waals surface area contributed by atoms with E-state index < -0.39 is 0 Å². The van der Waals surface area contributed by atoms with E-state index in [2.05, 4.69) is 55.3 Å². The van der Waals surface area contributed by atoms with Crippen molar-refractivity contribution in [3.8, 4) is 12.3 Å². The Kier molecular flexibility index (Phi) is 5.05. The molecule has 6 atom stereocenters. The fourth-order valence-electron chi connectivity index (χ4n) is 5.75. The molecule has 4 rings (SSSR count). The number of aryl methyl sites for hydroxylation is 1. The van der Waals surface area contributed by atoms with Gasteiger partial charge in [-0.1, -0.05) is 66.8 Å². The average molecular weight is 346 g/mol. The Hall–Kier alpha value is -1.78. The maximum absolute atomic E-state index is 6.35. The summed E-state index contributed by atoms with van der Waals surface area (Å²) in [6, 6.07) is 9.63. The lowest BCUT2D eigenvalue weighted by atomic mass is 9.71. The second-order valence-corrected chi connectivity index (χ2v) is 8.80. The Morgan fingerprint density at radius 3 is 2.50 bits per heavy atom. The molecule has 0 spiro atoms. The highest BCUT2D eigenvalue weighted by Gasteiger charge is 2.43. The van der Waals surface area contributed by atoms with Crippen molar-refractivity contribution in [3.63, 3.8) is 0 Å². The monoisotopic (exact) mass is 345 g/mol. The molecule has 1 heteroatoms. The number of nitrogens with two attached hydrogens (primary N) is 1. The van der Waals surface area contributed by atoms with Gasteiger partial charge in [0.2, 0.25) is 0 Å². The normalized spacial score (nSPS) is 36.7. The summed E-state index contributed by atoms with van der Waals surface area (Å²) in [6.07, 6.45) is 20.1. The molecule has 0 radical (unpaired) electrons. The van der Waals surface area contributed by atoms with Gasteiger partial charge in [-0.3, -0.25) is 0 Å². The molecule has 1 aromatic carbocycles. The van der Waals surface area contributed by atoms with Crippen LogP contribution in [0.25, 0.3) is 0 Å². The topological polar surface area (TPSA) is 26.0 Å². The van der Waals surface area contributed by atoms with Gasteiger partial charge >= 0.3 is 0 Å². The second-order valence-electron chi connectivity index (χ2n) is 8.80. The summed E-state index contributed by atoms with van der Waals surface area (Å²) in [5.41, 5.74) is 10.3. The van der Waals surface area contributed by atoms with Crippen LogP contribution in [0.3, 0.4) is 0 Å². The van der Waals surface area contributed by atoms with Gasteiger partial charge in [-0.25, -0.2) is 0 Å². The summed E-state index contributed by atoms with van der Waals surface area (Å²) in [6.45, 7) is 2.17. The van der Waals surface area contributed by atoms with Gasteiger partial charge in [0.1, 0.15) is 0 Å². The highest BCUT2D eigenvalue weighted by molar-refractivity contribution is 5.42. The van der Waals surface area contributed by atoms with Crippen LogP contribution in [-0.4, -0.2) is 6.04 Å². The molecule has 0 aromatic heterocycles. The molecular formula is C25H31N. The van der Waals surface area contributed by atoms with Crippen LogP contribution in [0.4, 0.5) is 0 Å². The van der Waals surface area contributed by atoms with Crippen molar-refractivity contribution in [2.24, 2.45) is 29.4 Å². The number of rotatable bonds is 3. The standard InChI is InChI=1S/C25H31N/c1-3-18-9-12-21(13-18)25-16-22(19-10-7-17(2)8-11-19)15-24(25)20-5-4-6-23(26)14-20/h1,7-13,20-25H,4-6,14-16,26H2,2H3. The van der Waals surface area contributed by atoms with Crippen molar-refractivity contribution in [2.75, 3.05) is 0 Å². The molecular weight excluding hydrogens is 314 g/mol. The summed E-state index contributed by atoms with van der Waals surface area (Å²) >= 11 is 0. The number of terminal acetylenes is 1. The van der Waals surface area contributed by atoms with Crippen molar-refractivity contribution in [1.82, 2.24) is 0 Å². The maximum atomic E-state index is 6.35. The van der Waals surface area contributed by atoms with Crippen LogP contribution in [0.2, 0.25) is 0 Å². The van der Waals surface area contributed by atoms with Crippen molar-refractivity contribution >= 4 is 0 Å². The predicted molar refractivity (Wildman–Crippen MR) is 110 cm³/mol. The number of hydrogen-bond acceptors (Lipinski definition) is 1. The van der Waals surface area contributed by atoms with E-state index >= 15 is 0 Å². The van der Waals surface area contributed by atoms with Crippen LogP contribution in [0.5, 0.6) is 0 Å². The van der Waals surface area contributed by atoms with Gasteiger partial charge in [0, 0.05) is 11.6 Å². The highest BCUT2D eigenvalue weighted by Crippen LogP contribution is 2.52. The molecule has 0 bridgehead atoms. The third kappa shape index (κ3) is 3.53. The number of benzene rings is 1. The summed E-state index contributed by atoms with van der Waals surface area (Å²) in [7, 11) is 0. The number of hydrogen-bond donors (Lipinski definition) is 1. The first-order valence-corrected chi connectivity index (χ1v) is 10.3. The molecule has 6 unspecified atom stereocenters. The lowest BCUT2D eigenvalue weighted by molar-refractivity contribution is 0.175. The van der Waals surface area contributed by atoms with Crippen molar-refractivity contribution < 1.29 is 0 Å². The van der Waals surface area contributed by atoms with E-state index in [0.717, 1.165) is 17.4 Å². The molecule has 26 heavy (non-hydrogen) atoms. The molecule has 0 aliphatic heterocycles. The van der Waals surface area contributed by atoms with Gasteiger partial charge in [-0.2, -0.15) is 0 Å². The van der Waals surface area contributed by atoms with Crippen LogP contribution < -0.4 is 5.73 Å². The van der Waals surface area contributed by atoms with Gasteiger partial charge < -0.3 is 5.73 Å². The fraction of sp³-hybridized carbons (Fsp3) is 0.520. The van der Waals surface area contributed by atoms with Gasteiger partial charge in [-0.05, 0) is 67.8 Å². The van der Waals surface area contributed by atoms with Crippen LogP contribution in [0, 0.1) is 42.9 Å². The van der Waals surface area contributed by atoms with Crippen molar-refractivity contribution in [3.05, 3.63) is 59.2 Å². The molecule has 0 heterocycles. The van der Waals surface area contributed by atoms with Gasteiger partial charge in [0.05, 0.1) is 0 Å². The van der Waals surface area contributed by atoms with Crippen molar-refractivity contribution in [2.45, 2.75) is 57.4 Å². The SMILES string of the molecule is C#CC1=CC(C2CC(c3ccc(C)cc3)CC2C2CCCC(N)C2)C=C1. The minimum Gasteiger partial charge on any atom is -0.328 e. The van der Waals surface area contributed by atoms with Gasteiger partial charge in [-0.15, -0.1) is 6.42 Å². The zero-order valence-electron chi connectivity index (χ0n) is 15.9. The Balaban J connectivity index is 1.58. The lowest BCUT2D eigenvalue weighted by Crippen LogP contribution is -2.33. The van der Waals surface area contributed by atoms with Crippen LogP contribution in [0.15, 0.2) is 48.1 Å². The highest BCUT2D eigenvalue weighted by atomic mass is 14.6. The Morgan fingerprint density at radius 1 is 1.04 bits per heavy atom. The van der Waals surface area contributed by atoms with E-state index in [-0.39, 0.29) is 0 Å². The number of allylic oxidation sites excluding steroid dienone is 4. The molecule has 0 saturated heterocycles. The molecule has 3 aliphatic carbocycles. The first kappa shape index (κ1) is 17.6. The van der Waals surface area contributed by atoms with E-state index in [1.54, 1.807) is 0 Å². The molecule has 2 fully saturated rings. The van der Waals surface area contributed by atoms with Crippen LogP contribution >= 0.6 is 0 Å². The third-order valence-electron chi connectivity index (χ3n) is 7.10. The zero-order valence-corrected chi connectivity index (χ0v) is 15.9. The summed E-state index contributed by atoms with van der Waals surface area (Å²) in [5, 5.41) is 0. The van der Waals surface area contributed by atoms with E-state index in [4.69, 9.17) is 12.2 Å². The summed E-state index contributed by atoms with van der Waals surface area (Å²) in [5.74, 6) is 6.29. The van der Waals surface area contributed by atoms with E-state index in [9.17, 15) is 0 Å². The van der Waals surface area contributed by atoms with E-state index in [0.29, 0.717) is 23.8 Å². The lowest BCUT2D eigenvalue weighted by Gasteiger charge is -2.35. The largest absolute Gasteiger partial charge is 0.328 e. The quantitative estimate of drug-likeness (QED) is 0.733. The molecule has 2 N–H and O–H groups in total. The summed E-state index contributed by atoms with van der Waals surface area (Å²) in [4.78, 5) is 0. The van der Waals surface area contributed by atoms with Gasteiger partial charge in [0.25, 0.3) is 0 Å². The van der Waals surface area contributed by atoms with Crippen LogP contribution in [-0.2, 0) is 0 Å². The maximum Gasteiger partial charge on any atom is 0.0205 e. The predicted octanol–water partition coefficient (Wildman–Crippen LogP) is 5.37. The fourth-order valence-corrected chi connectivity index (χ4v) is 5.75. The third-order valence-corrected chi connectivity index (χ3v) is 7.10. The smallest absolute Gasteiger partial charge is 0.0205 e. The first-order chi connectivity index (χ1) is 12.6. The Morgan fingerprint density at radius 2 is 1.81 bits per heavy atom. The average Bonchev–Trinajstić information content (AvgIpc) is 3.29. The summed E-state index contributed by atoms with van der Waals surface area (Å²) < 4.78 is 0. The Labute approximate surface area is 158 Å². The Bertz CT molecular complexity index is 732. The molecule has 3 aliphatic rings. The first-order valence-electron chi connectivity index (χ1n) is 10.3. The molecule has 0 amide bonds. The zero-order chi connectivity index (χ0) is 18.1. The minimum atomic E-state index is 0.406.